The Morgan fingerprint density at radius 1 is 1.39 bits per heavy atom. The molecule has 2 rings (SSSR count). The zero-order valence-corrected chi connectivity index (χ0v) is 9.77. The number of benzene rings is 1. The molecule has 0 saturated carbocycles. The molecule has 0 bridgehead atoms. The summed E-state index contributed by atoms with van der Waals surface area (Å²) in [5, 5.41) is 17.4. The van der Waals surface area contributed by atoms with Gasteiger partial charge < -0.3 is 15.7 Å². The maximum absolute atomic E-state index is 11.8. The van der Waals surface area contributed by atoms with E-state index in [0.29, 0.717) is 13.1 Å². The normalized spacial score (nSPS) is 19.1. The Bertz CT molecular complexity index is 434. The van der Waals surface area contributed by atoms with E-state index in [1.807, 2.05) is 0 Å². The van der Waals surface area contributed by atoms with Crippen LogP contribution in [0, 0.1) is 0 Å². The van der Waals surface area contributed by atoms with Crippen molar-refractivity contribution in [2.45, 2.75) is 12.6 Å². The molecule has 0 spiro atoms. The van der Waals surface area contributed by atoms with Crippen molar-refractivity contribution in [1.29, 1.82) is 0 Å². The van der Waals surface area contributed by atoms with Crippen molar-refractivity contribution in [3.05, 3.63) is 29.8 Å². The number of piperazine rings is 1. The van der Waals surface area contributed by atoms with Gasteiger partial charge in [-0.2, -0.15) is 0 Å². The predicted molar refractivity (Wildman–Crippen MR) is 64.8 cm³/mol. The first kappa shape index (κ1) is 12.4. The maximum atomic E-state index is 11.8. The second-order valence-corrected chi connectivity index (χ2v) is 4.12. The quantitative estimate of drug-likeness (QED) is 0.558. The van der Waals surface area contributed by atoms with Crippen LogP contribution >= 0.6 is 0 Å². The zero-order chi connectivity index (χ0) is 13.0. The van der Waals surface area contributed by atoms with Crippen LogP contribution in [-0.2, 0) is 16.1 Å². The van der Waals surface area contributed by atoms with Crippen LogP contribution in [0.4, 0.5) is 0 Å². The highest BCUT2D eigenvalue weighted by Crippen LogP contribution is 2.09. The predicted octanol–water partition coefficient (Wildman–Crippen LogP) is -0.904. The molecule has 2 amide bonds. The number of carbonyl (C=O) groups is 2. The Balaban J connectivity index is 1.81. The number of aromatic hydroxyl groups is 1. The third-order valence-corrected chi connectivity index (χ3v) is 2.73. The Morgan fingerprint density at radius 2 is 2.11 bits per heavy atom. The van der Waals surface area contributed by atoms with Crippen LogP contribution < -0.4 is 16.0 Å². The Morgan fingerprint density at radius 3 is 2.72 bits per heavy atom. The molecular weight excluding hydrogens is 234 g/mol. The van der Waals surface area contributed by atoms with Crippen LogP contribution in [0.5, 0.6) is 5.75 Å². The first-order chi connectivity index (χ1) is 8.65. The van der Waals surface area contributed by atoms with E-state index in [1.165, 1.54) is 0 Å². The standard InChI is InChI=1S/C12H15N3O3/c16-9-3-1-8(2-4-9)5-15-12(18)10-6-14-11(17)7-13-10/h1-4,10,13,16H,5-7H2,(H,14,17)(H,15,18). The van der Waals surface area contributed by atoms with Gasteiger partial charge in [-0.05, 0) is 17.7 Å². The molecule has 1 aromatic carbocycles. The Hall–Kier alpha value is -2.08. The van der Waals surface area contributed by atoms with E-state index in [2.05, 4.69) is 16.0 Å². The molecule has 1 aliphatic heterocycles. The van der Waals surface area contributed by atoms with Crippen molar-refractivity contribution < 1.29 is 14.7 Å². The first-order valence-electron chi connectivity index (χ1n) is 5.71. The third-order valence-electron chi connectivity index (χ3n) is 2.73. The fourth-order valence-electron chi connectivity index (χ4n) is 1.68. The van der Waals surface area contributed by atoms with Gasteiger partial charge in [0.25, 0.3) is 0 Å². The maximum Gasteiger partial charge on any atom is 0.239 e. The van der Waals surface area contributed by atoms with Crippen LogP contribution in [-0.4, -0.2) is 36.1 Å². The lowest BCUT2D eigenvalue weighted by Gasteiger charge is -2.23. The molecule has 1 fully saturated rings. The summed E-state index contributed by atoms with van der Waals surface area (Å²) in [6, 6.07) is 6.23. The summed E-state index contributed by atoms with van der Waals surface area (Å²) < 4.78 is 0. The van der Waals surface area contributed by atoms with Crippen molar-refractivity contribution in [3.63, 3.8) is 0 Å². The summed E-state index contributed by atoms with van der Waals surface area (Å²) in [5.74, 6) is -0.0533. The van der Waals surface area contributed by atoms with E-state index in [1.54, 1.807) is 24.3 Å². The lowest BCUT2D eigenvalue weighted by atomic mass is 10.2. The van der Waals surface area contributed by atoms with Crippen LogP contribution in [0.15, 0.2) is 24.3 Å². The Labute approximate surface area is 104 Å². The minimum atomic E-state index is -0.389. The summed E-state index contributed by atoms with van der Waals surface area (Å²) in [4.78, 5) is 22.7. The summed E-state index contributed by atoms with van der Waals surface area (Å²) >= 11 is 0. The third kappa shape index (κ3) is 3.21. The van der Waals surface area contributed by atoms with Gasteiger partial charge in [-0.1, -0.05) is 12.1 Å². The van der Waals surface area contributed by atoms with Gasteiger partial charge in [-0.3, -0.25) is 14.9 Å². The van der Waals surface area contributed by atoms with Gasteiger partial charge in [0, 0.05) is 13.1 Å². The van der Waals surface area contributed by atoms with Crippen molar-refractivity contribution in [1.82, 2.24) is 16.0 Å². The van der Waals surface area contributed by atoms with Crippen LogP contribution in [0.1, 0.15) is 5.56 Å². The number of carbonyl (C=O) groups excluding carboxylic acids is 2. The van der Waals surface area contributed by atoms with Gasteiger partial charge in [-0.15, -0.1) is 0 Å². The van der Waals surface area contributed by atoms with Crippen molar-refractivity contribution in [2.75, 3.05) is 13.1 Å². The molecule has 6 heteroatoms. The lowest BCUT2D eigenvalue weighted by Crippen LogP contribution is -2.57. The number of amides is 2. The molecule has 1 aliphatic rings. The van der Waals surface area contributed by atoms with Crippen LogP contribution in [0.3, 0.4) is 0 Å². The van der Waals surface area contributed by atoms with Gasteiger partial charge in [-0.25, -0.2) is 0 Å². The largest absolute Gasteiger partial charge is 0.508 e. The van der Waals surface area contributed by atoms with Gasteiger partial charge in [0.15, 0.2) is 0 Å². The second kappa shape index (κ2) is 5.50. The van der Waals surface area contributed by atoms with Gasteiger partial charge in [0.05, 0.1) is 6.54 Å². The monoisotopic (exact) mass is 249 g/mol. The van der Waals surface area contributed by atoms with E-state index in [0.717, 1.165) is 5.56 Å². The molecule has 18 heavy (non-hydrogen) atoms. The smallest absolute Gasteiger partial charge is 0.239 e. The van der Waals surface area contributed by atoms with E-state index in [4.69, 9.17) is 5.11 Å². The van der Waals surface area contributed by atoms with Gasteiger partial charge in [0.2, 0.25) is 11.8 Å². The minimum Gasteiger partial charge on any atom is -0.508 e. The molecule has 0 radical (unpaired) electrons. The second-order valence-electron chi connectivity index (χ2n) is 4.12. The van der Waals surface area contributed by atoms with Crippen molar-refractivity contribution >= 4 is 11.8 Å². The van der Waals surface area contributed by atoms with Crippen molar-refractivity contribution in [2.24, 2.45) is 0 Å². The van der Waals surface area contributed by atoms with Crippen LogP contribution in [0.25, 0.3) is 0 Å². The number of nitrogens with one attached hydrogen (secondary N) is 3. The van der Waals surface area contributed by atoms with E-state index < -0.39 is 0 Å². The number of phenols is 1. The van der Waals surface area contributed by atoms with E-state index in [-0.39, 0.29) is 30.2 Å². The number of rotatable bonds is 3. The molecule has 96 valence electrons. The van der Waals surface area contributed by atoms with E-state index >= 15 is 0 Å². The summed E-state index contributed by atoms with van der Waals surface area (Å²) in [5.41, 5.74) is 0.904. The van der Waals surface area contributed by atoms with Crippen LogP contribution in [0.2, 0.25) is 0 Å². The minimum absolute atomic E-state index is 0.0995. The number of hydrogen-bond donors (Lipinski definition) is 4. The molecule has 1 heterocycles. The van der Waals surface area contributed by atoms with E-state index in [9.17, 15) is 9.59 Å². The molecule has 1 aromatic rings. The zero-order valence-electron chi connectivity index (χ0n) is 9.77. The Kier molecular flexibility index (Phi) is 3.78. The summed E-state index contributed by atoms with van der Waals surface area (Å²) in [6.07, 6.45) is 0. The first-order valence-corrected chi connectivity index (χ1v) is 5.71. The average molecular weight is 249 g/mol. The molecule has 4 N–H and O–H groups in total. The average Bonchev–Trinajstić information content (AvgIpc) is 2.38. The molecule has 1 unspecified atom stereocenters. The molecule has 1 saturated heterocycles. The van der Waals surface area contributed by atoms with Gasteiger partial charge in [0.1, 0.15) is 11.8 Å². The lowest BCUT2D eigenvalue weighted by molar-refractivity contribution is -0.126. The molecule has 0 aromatic heterocycles. The summed E-state index contributed by atoms with van der Waals surface area (Å²) in [6.45, 7) is 0.864. The highest BCUT2D eigenvalue weighted by Gasteiger charge is 2.23. The fraction of sp³-hybridized carbons (Fsp3) is 0.333. The number of phenolic OH excluding ortho intramolecular Hbond substituents is 1. The molecule has 0 aliphatic carbocycles. The topological polar surface area (TPSA) is 90.5 Å². The molecule has 6 nitrogen and oxygen atoms in total. The highest BCUT2D eigenvalue weighted by molar-refractivity contribution is 5.86. The van der Waals surface area contributed by atoms with Crippen molar-refractivity contribution in [3.8, 4) is 5.75 Å². The number of hydrogen-bond acceptors (Lipinski definition) is 4. The molecule has 1 atom stereocenters. The highest BCUT2D eigenvalue weighted by atomic mass is 16.3. The SMILES string of the molecule is O=C1CNC(C(=O)NCc2ccc(O)cc2)CN1. The fourth-order valence-corrected chi connectivity index (χ4v) is 1.68. The van der Waals surface area contributed by atoms with Gasteiger partial charge >= 0.3 is 0 Å². The molecular formula is C12H15N3O3. The summed E-state index contributed by atoms with van der Waals surface area (Å²) in [7, 11) is 0.